The van der Waals surface area contributed by atoms with E-state index >= 15 is 0 Å². The fourth-order valence-corrected chi connectivity index (χ4v) is 1.22. The summed E-state index contributed by atoms with van der Waals surface area (Å²) >= 11 is 0. The van der Waals surface area contributed by atoms with Gasteiger partial charge in [0.15, 0.2) is 0 Å². The number of hydrogen-bond donors (Lipinski definition) is 6. The summed E-state index contributed by atoms with van der Waals surface area (Å²) in [7, 11) is 0. The maximum absolute atomic E-state index is 10.5. The lowest BCUT2D eigenvalue weighted by Crippen LogP contribution is -2.24. The summed E-state index contributed by atoms with van der Waals surface area (Å²) in [5.41, 5.74) is 26.9. The van der Waals surface area contributed by atoms with E-state index in [2.05, 4.69) is 10.2 Å². The second-order valence-corrected chi connectivity index (χ2v) is 3.58. The number of nitrogens with two attached hydrogens (primary N) is 4. The average Bonchev–Trinajstić information content (AvgIpc) is 2.33. The molecule has 0 aromatic heterocycles. The van der Waals surface area contributed by atoms with Gasteiger partial charge in [0.05, 0.1) is 12.4 Å². The number of primary amides is 2. The first-order valence-electron chi connectivity index (χ1n) is 5.26. The molecule has 0 bridgehead atoms. The number of benzene rings is 1. The van der Waals surface area contributed by atoms with Crippen molar-refractivity contribution in [1.29, 1.82) is 0 Å². The van der Waals surface area contributed by atoms with E-state index in [0.29, 0.717) is 22.5 Å². The van der Waals surface area contributed by atoms with Crippen LogP contribution in [0.5, 0.6) is 0 Å². The zero-order valence-corrected chi connectivity index (χ0v) is 10.3. The van der Waals surface area contributed by atoms with Crippen molar-refractivity contribution in [1.82, 2.24) is 10.9 Å². The van der Waals surface area contributed by atoms with Crippen molar-refractivity contribution >= 4 is 35.9 Å². The van der Waals surface area contributed by atoms with Gasteiger partial charge in [-0.2, -0.15) is 10.2 Å². The number of urea groups is 2. The van der Waals surface area contributed by atoms with Crippen LogP contribution in [0.2, 0.25) is 0 Å². The molecule has 10 N–H and O–H groups in total. The van der Waals surface area contributed by atoms with Crippen molar-refractivity contribution in [2.75, 3.05) is 11.5 Å². The maximum Gasteiger partial charge on any atom is 0.332 e. The highest BCUT2D eigenvalue weighted by Crippen LogP contribution is 2.18. The molecule has 0 saturated carbocycles. The zero-order chi connectivity index (χ0) is 15.1. The van der Waals surface area contributed by atoms with Crippen molar-refractivity contribution < 1.29 is 9.59 Å². The average molecular weight is 278 g/mol. The second-order valence-electron chi connectivity index (χ2n) is 3.58. The minimum absolute atomic E-state index is 0.345. The first-order chi connectivity index (χ1) is 9.40. The van der Waals surface area contributed by atoms with Crippen LogP contribution in [0.25, 0.3) is 0 Å². The molecule has 0 radical (unpaired) electrons. The molecule has 1 rings (SSSR count). The molecule has 0 atom stereocenters. The predicted octanol–water partition coefficient (Wildman–Crippen LogP) is -1.14. The Morgan fingerprint density at radius 1 is 0.900 bits per heavy atom. The van der Waals surface area contributed by atoms with E-state index in [1.807, 2.05) is 10.9 Å². The van der Waals surface area contributed by atoms with Crippen LogP contribution >= 0.6 is 0 Å². The van der Waals surface area contributed by atoms with Crippen molar-refractivity contribution in [2.24, 2.45) is 21.7 Å². The van der Waals surface area contributed by atoms with E-state index in [-0.39, 0.29) is 0 Å². The van der Waals surface area contributed by atoms with Crippen LogP contribution in [0.1, 0.15) is 11.1 Å². The SMILES string of the molecule is NC(=O)N/N=C/c1cc(/C=N/NC(N)=O)c(N)cc1N. The Labute approximate surface area is 113 Å². The Bertz CT molecular complexity index is 534. The molecule has 0 aliphatic carbocycles. The standard InChI is InChI=1S/C10H14N8O2/c11-7-2-8(12)6(4-16-18-10(14)20)1-5(7)3-15-17-9(13)19/h1-4H,11-12H2,(H3,13,17,19)(H3,14,18,20)/b15-3+,16-4+. The lowest BCUT2D eigenvalue weighted by molar-refractivity contribution is 0.248. The highest BCUT2D eigenvalue weighted by Gasteiger charge is 2.03. The summed E-state index contributed by atoms with van der Waals surface area (Å²) in [6.07, 6.45) is 2.58. The number of rotatable bonds is 4. The minimum Gasteiger partial charge on any atom is -0.398 e. The van der Waals surface area contributed by atoms with Gasteiger partial charge in [-0.1, -0.05) is 0 Å². The van der Waals surface area contributed by atoms with Gasteiger partial charge >= 0.3 is 12.1 Å². The Balaban J connectivity index is 2.97. The van der Waals surface area contributed by atoms with Gasteiger partial charge in [0.1, 0.15) is 0 Å². The first kappa shape index (κ1) is 14.8. The monoisotopic (exact) mass is 278 g/mol. The largest absolute Gasteiger partial charge is 0.398 e. The van der Waals surface area contributed by atoms with Gasteiger partial charge < -0.3 is 22.9 Å². The minimum atomic E-state index is -0.803. The summed E-state index contributed by atoms with van der Waals surface area (Å²) in [5, 5.41) is 7.15. The highest BCUT2D eigenvalue weighted by molar-refractivity contribution is 5.96. The van der Waals surface area contributed by atoms with E-state index in [9.17, 15) is 9.59 Å². The molecule has 0 aliphatic heterocycles. The summed E-state index contributed by atoms with van der Waals surface area (Å²) in [6, 6.07) is 1.44. The summed E-state index contributed by atoms with van der Waals surface area (Å²) in [5.74, 6) is 0. The van der Waals surface area contributed by atoms with E-state index in [1.54, 1.807) is 6.07 Å². The van der Waals surface area contributed by atoms with E-state index in [0.717, 1.165) is 0 Å². The molecule has 10 nitrogen and oxygen atoms in total. The van der Waals surface area contributed by atoms with Crippen LogP contribution in [0.4, 0.5) is 21.0 Å². The van der Waals surface area contributed by atoms with Crippen LogP contribution in [0.3, 0.4) is 0 Å². The van der Waals surface area contributed by atoms with Crippen LogP contribution in [0, 0.1) is 0 Å². The van der Waals surface area contributed by atoms with Gasteiger partial charge in [0.2, 0.25) is 0 Å². The Hall–Kier alpha value is -3.30. The third-order valence-electron chi connectivity index (χ3n) is 2.05. The highest BCUT2D eigenvalue weighted by atomic mass is 16.2. The molecule has 106 valence electrons. The fraction of sp³-hybridized carbons (Fsp3) is 0. The molecule has 1 aromatic carbocycles. The number of carbonyl (C=O) groups excluding carboxylic acids is 2. The molecule has 0 heterocycles. The number of carbonyl (C=O) groups is 2. The summed E-state index contributed by atoms with van der Waals surface area (Å²) < 4.78 is 0. The normalized spacial score (nSPS) is 10.8. The van der Waals surface area contributed by atoms with Gasteiger partial charge in [-0.15, -0.1) is 0 Å². The first-order valence-corrected chi connectivity index (χ1v) is 5.26. The van der Waals surface area contributed by atoms with Crippen molar-refractivity contribution in [3.63, 3.8) is 0 Å². The van der Waals surface area contributed by atoms with Crippen LogP contribution in [-0.2, 0) is 0 Å². The smallest absolute Gasteiger partial charge is 0.332 e. The summed E-state index contributed by atoms with van der Waals surface area (Å²) in [6.45, 7) is 0. The number of hydrazone groups is 2. The molecule has 0 unspecified atom stereocenters. The molecular formula is C10H14N8O2. The Morgan fingerprint density at radius 2 is 1.30 bits per heavy atom. The van der Waals surface area contributed by atoms with Gasteiger partial charge in [-0.05, 0) is 12.1 Å². The molecule has 1 aromatic rings. The van der Waals surface area contributed by atoms with Crippen molar-refractivity contribution in [3.05, 3.63) is 23.3 Å². The third-order valence-corrected chi connectivity index (χ3v) is 2.05. The molecule has 20 heavy (non-hydrogen) atoms. The number of amides is 4. The van der Waals surface area contributed by atoms with Crippen molar-refractivity contribution in [3.8, 4) is 0 Å². The van der Waals surface area contributed by atoms with Crippen molar-refractivity contribution in [2.45, 2.75) is 0 Å². The third kappa shape index (κ3) is 4.52. The topological polar surface area (TPSA) is 187 Å². The van der Waals surface area contributed by atoms with Crippen LogP contribution in [-0.4, -0.2) is 24.5 Å². The quantitative estimate of drug-likeness (QED) is 0.231. The molecule has 0 fully saturated rings. The number of hydrogen-bond acceptors (Lipinski definition) is 6. The van der Waals surface area contributed by atoms with E-state index in [4.69, 9.17) is 22.9 Å². The van der Waals surface area contributed by atoms with Gasteiger partial charge in [-0.3, -0.25) is 0 Å². The zero-order valence-electron chi connectivity index (χ0n) is 10.3. The van der Waals surface area contributed by atoms with Crippen LogP contribution in [0.15, 0.2) is 22.3 Å². The molecule has 0 saturated heterocycles. The molecule has 0 spiro atoms. The molecule has 0 aliphatic rings. The predicted molar refractivity (Wildman–Crippen MR) is 75.9 cm³/mol. The van der Waals surface area contributed by atoms with E-state index < -0.39 is 12.1 Å². The molecular weight excluding hydrogens is 264 g/mol. The van der Waals surface area contributed by atoms with Gasteiger partial charge in [0, 0.05) is 22.5 Å². The van der Waals surface area contributed by atoms with Gasteiger partial charge in [-0.25, -0.2) is 20.4 Å². The maximum atomic E-state index is 10.5. The fourth-order valence-electron chi connectivity index (χ4n) is 1.22. The number of nitrogens with zero attached hydrogens (tertiary/aromatic N) is 2. The van der Waals surface area contributed by atoms with E-state index in [1.165, 1.54) is 18.5 Å². The number of anilines is 2. The van der Waals surface area contributed by atoms with Gasteiger partial charge in [0.25, 0.3) is 0 Å². The Kier molecular flexibility index (Phi) is 4.86. The van der Waals surface area contributed by atoms with Crippen LogP contribution < -0.4 is 33.8 Å². The molecule has 4 amide bonds. The number of nitrogens with one attached hydrogen (secondary N) is 2. The molecule has 10 heteroatoms. The second kappa shape index (κ2) is 6.58. The lowest BCUT2D eigenvalue weighted by Gasteiger charge is -2.05. The lowest BCUT2D eigenvalue weighted by atomic mass is 10.1. The summed E-state index contributed by atoms with van der Waals surface area (Å²) in [4.78, 5) is 20.9. The Morgan fingerprint density at radius 3 is 1.65 bits per heavy atom. The number of nitrogen functional groups attached to an aromatic ring is 2.